The van der Waals surface area contributed by atoms with Gasteiger partial charge in [0.05, 0.1) is 0 Å². The van der Waals surface area contributed by atoms with Crippen molar-refractivity contribution in [3.8, 4) is 0 Å². The Kier molecular flexibility index (Phi) is 4.42. The fraction of sp³-hybridized carbons (Fsp3) is 0.765. The predicted molar refractivity (Wildman–Crippen MR) is 91.7 cm³/mol. The van der Waals surface area contributed by atoms with Crippen LogP contribution in [0.3, 0.4) is 0 Å². The van der Waals surface area contributed by atoms with Gasteiger partial charge in [-0.1, -0.05) is 31.3 Å². The van der Waals surface area contributed by atoms with E-state index in [1.54, 1.807) is 0 Å². The molecule has 2 unspecified atom stereocenters. The maximum Gasteiger partial charge on any atom is 0.273 e. The standard InChI is InChI=1S/C17H26N3O2P/c1-12-10-20(13-5-3-2-4-6-13)11-15(12)18-17(21)14-9-16(22-19-14)23-7-8-23/h9,12-13,15H,2-8,10-11H2,1H3,(H,18,21). The monoisotopic (exact) mass is 335 g/mol. The first-order valence-corrected chi connectivity index (χ1v) is 10.7. The van der Waals surface area contributed by atoms with Crippen LogP contribution in [0.2, 0.25) is 0 Å². The van der Waals surface area contributed by atoms with E-state index in [-0.39, 0.29) is 19.9 Å². The van der Waals surface area contributed by atoms with Crippen molar-refractivity contribution >= 4 is 19.3 Å². The molecule has 6 heteroatoms. The Bertz CT molecular complexity index is 566. The van der Waals surface area contributed by atoms with E-state index >= 15 is 0 Å². The molecule has 5 nitrogen and oxygen atoms in total. The predicted octanol–water partition coefficient (Wildman–Crippen LogP) is 2.18. The van der Waals surface area contributed by atoms with E-state index in [0.717, 1.165) is 24.6 Å². The van der Waals surface area contributed by atoms with Crippen LogP contribution < -0.4 is 10.8 Å². The smallest absolute Gasteiger partial charge is 0.273 e. The Morgan fingerprint density at radius 1 is 1.30 bits per heavy atom. The summed E-state index contributed by atoms with van der Waals surface area (Å²) < 4.78 is 5.32. The summed E-state index contributed by atoms with van der Waals surface area (Å²) >= 11 is 0. The highest BCUT2D eigenvalue weighted by atomic mass is 31.1. The quantitative estimate of drug-likeness (QED) is 0.857. The molecular formula is C17H26N3O2P. The van der Waals surface area contributed by atoms with Gasteiger partial charge in [0, 0.05) is 31.2 Å². The zero-order valence-corrected chi connectivity index (χ0v) is 14.7. The lowest BCUT2D eigenvalue weighted by molar-refractivity contribution is 0.0920. The van der Waals surface area contributed by atoms with Gasteiger partial charge >= 0.3 is 0 Å². The molecule has 2 atom stereocenters. The second kappa shape index (κ2) is 6.52. The van der Waals surface area contributed by atoms with E-state index in [9.17, 15) is 4.79 Å². The molecule has 0 aromatic carbocycles. The highest BCUT2D eigenvalue weighted by molar-refractivity contribution is 7.72. The van der Waals surface area contributed by atoms with Gasteiger partial charge in [0.15, 0.2) is 11.2 Å². The van der Waals surface area contributed by atoms with E-state index in [1.807, 2.05) is 6.07 Å². The molecule has 3 fully saturated rings. The van der Waals surface area contributed by atoms with Gasteiger partial charge in [-0.15, -0.1) is 0 Å². The Hall–Kier alpha value is -0.930. The number of nitrogens with zero attached hydrogens (tertiary/aromatic N) is 2. The van der Waals surface area contributed by atoms with Gasteiger partial charge in [0.25, 0.3) is 5.91 Å². The molecule has 1 aromatic heterocycles. The van der Waals surface area contributed by atoms with Gasteiger partial charge in [0.2, 0.25) is 0 Å². The summed E-state index contributed by atoms with van der Waals surface area (Å²) in [6.07, 6.45) is 9.20. The molecule has 1 aromatic rings. The first kappa shape index (κ1) is 15.6. The first-order valence-electron chi connectivity index (χ1n) is 8.97. The maximum atomic E-state index is 12.4. The van der Waals surface area contributed by atoms with Crippen molar-refractivity contribution in [2.75, 3.05) is 25.4 Å². The molecule has 23 heavy (non-hydrogen) atoms. The van der Waals surface area contributed by atoms with Crippen molar-refractivity contribution < 1.29 is 9.32 Å². The van der Waals surface area contributed by atoms with Crippen LogP contribution in [0.15, 0.2) is 10.6 Å². The Balaban J connectivity index is 1.34. The van der Waals surface area contributed by atoms with Crippen molar-refractivity contribution in [2.24, 2.45) is 5.92 Å². The third-order valence-corrected chi connectivity index (χ3v) is 7.27. The third-order valence-electron chi connectivity index (χ3n) is 5.54. The molecular weight excluding hydrogens is 309 g/mol. The minimum atomic E-state index is -0.107. The fourth-order valence-corrected chi connectivity index (χ4v) is 5.27. The zero-order chi connectivity index (χ0) is 15.8. The Morgan fingerprint density at radius 2 is 2.09 bits per heavy atom. The second-order valence-corrected chi connectivity index (χ2v) is 9.76. The van der Waals surface area contributed by atoms with E-state index in [0.29, 0.717) is 11.6 Å². The number of nitrogens with one attached hydrogen (secondary N) is 1. The number of amides is 1. The topological polar surface area (TPSA) is 58.4 Å². The number of hydrogen-bond acceptors (Lipinski definition) is 4. The number of aromatic nitrogens is 1. The number of carbonyl (C=O) groups is 1. The van der Waals surface area contributed by atoms with Crippen LogP contribution in [0.1, 0.15) is 49.5 Å². The molecule has 1 amide bonds. The minimum Gasteiger partial charge on any atom is -0.356 e. The normalized spacial score (nSPS) is 29.8. The lowest BCUT2D eigenvalue weighted by Crippen LogP contribution is -2.41. The number of carbonyl (C=O) groups excluding carboxylic acids is 1. The summed E-state index contributed by atoms with van der Waals surface area (Å²) in [5, 5.41) is 7.16. The molecule has 2 saturated heterocycles. The van der Waals surface area contributed by atoms with Crippen LogP contribution in [0, 0.1) is 5.92 Å². The number of rotatable bonds is 4. The molecule has 1 N–H and O–H groups in total. The van der Waals surface area contributed by atoms with Gasteiger partial charge < -0.3 is 9.84 Å². The first-order chi connectivity index (χ1) is 11.2. The fourth-order valence-electron chi connectivity index (χ4n) is 3.97. The van der Waals surface area contributed by atoms with Crippen molar-refractivity contribution in [3.05, 3.63) is 11.8 Å². The van der Waals surface area contributed by atoms with Crippen molar-refractivity contribution in [1.82, 2.24) is 15.4 Å². The zero-order valence-electron chi connectivity index (χ0n) is 13.8. The molecule has 3 heterocycles. The summed E-state index contributed by atoms with van der Waals surface area (Å²) in [4.78, 5) is 15.0. The van der Waals surface area contributed by atoms with Crippen LogP contribution in [-0.2, 0) is 0 Å². The van der Waals surface area contributed by atoms with Gasteiger partial charge in [-0.3, -0.25) is 9.69 Å². The molecule has 3 aliphatic rings. The highest BCUT2D eigenvalue weighted by Crippen LogP contribution is 2.48. The van der Waals surface area contributed by atoms with Crippen LogP contribution in [0.25, 0.3) is 0 Å². The maximum absolute atomic E-state index is 12.4. The second-order valence-electron chi connectivity index (χ2n) is 7.34. The van der Waals surface area contributed by atoms with Gasteiger partial charge in [-0.2, -0.15) is 0 Å². The van der Waals surface area contributed by atoms with Crippen LogP contribution >= 0.6 is 7.92 Å². The van der Waals surface area contributed by atoms with Crippen LogP contribution in [-0.4, -0.2) is 53.5 Å². The molecule has 4 rings (SSSR count). The molecule has 1 aliphatic carbocycles. The van der Waals surface area contributed by atoms with E-state index in [2.05, 4.69) is 22.3 Å². The average molecular weight is 335 g/mol. The van der Waals surface area contributed by atoms with Gasteiger partial charge in [-0.25, -0.2) is 0 Å². The molecule has 0 bridgehead atoms. The molecule has 126 valence electrons. The Labute approximate surface area is 138 Å². The van der Waals surface area contributed by atoms with E-state index in [1.165, 1.54) is 44.4 Å². The SMILES string of the molecule is CC1CN(C2CCCCC2)CC1NC(=O)c1cc(P2CC2)on1. The molecule has 2 aliphatic heterocycles. The Morgan fingerprint density at radius 3 is 2.83 bits per heavy atom. The minimum absolute atomic E-state index is 0.0702. The number of likely N-dealkylation sites (tertiary alicyclic amines) is 1. The van der Waals surface area contributed by atoms with Crippen molar-refractivity contribution in [3.63, 3.8) is 0 Å². The summed E-state index contributed by atoms with van der Waals surface area (Å²) in [5.74, 6) is 0.430. The lowest BCUT2D eigenvalue weighted by atomic mass is 9.94. The third kappa shape index (κ3) is 3.46. The largest absolute Gasteiger partial charge is 0.356 e. The van der Waals surface area contributed by atoms with E-state index in [4.69, 9.17) is 4.52 Å². The summed E-state index contributed by atoms with van der Waals surface area (Å²) in [6.45, 7) is 4.33. The van der Waals surface area contributed by atoms with Crippen LogP contribution in [0.5, 0.6) is 0 Å². The highest BCUT2D eigenvalue weighted by Gasteiger charge is 2.35. The summed E-state index contributed by atoms with van der Waals surface area (Å²) in [5.41, 5.74) is 1.39. The van der Waals surface area contributed by atoms with E-state index < -0.39 is 0 Å². The number of hydrogen-bond donors (Lipinski definition) is 1. The summed E-state index contributed by atoms with van der Waals surface area (Å²) in [7, 11) is -0.107. The van der Waals surface area contributed by atoms with Gasteiger partial charge in [0.1, 0.15) is 0 Å². The summed E-state index contributed by atoms with van der Waals surface area (Å²) in [6, 6.07) is 2.81. The molecule has 1 saturated carbocycles. The van der Waals surface area contributed by atoms with Crippen molar-refractivity contribution in [2.45, 2.75) is 51.1 Å². The van der Waals surface area contributed by atoms with Gasteiger partial charge in [-0.05, 0) is 39.0 Å². The lowest BCUT2D eigenvalue weighted by Gasteiger charge is -2.31. The average Bonchev–Trinajstić information content (AvgIpc) is 3.18. The molecule has 0 spiro atoms. The molecule has 0 radical (unpaired) electrons. The van der Waals surface area contributed by atoms with Crippen molar-refractivity contribution in [1.29, 1.82) is 0 Å². The van der Waals surface area contributed by atoms with Crippen LogP contribution in [0.4, 0.5) is 0 Å².